The van der Waals surface area contributed by atoms with E-state index in [0.717, 1.165) is 18.0 Å². The van der Waals surface area contributed by atoms with Crippen LogP contribution in [0.3, 0.4) is 0 Å². The Bertz CT molecular complexity index is 855. The van der Waals surface area contributed by atoms with E-state index in [4.69, 9.17) is 10.00 Å². The van der Waals surface area contributed by atoms with Gasteiger partial charge in [0.15, 0.2) is 5.82 Å². The highest BCUT2D eigenvalue weighted by Gasteiger charge is 2.33. The number of carboxylic acid groups (broad SMARTS) is 1. The average molecular weight is 430 g/mol. The monoisotopic (exact) mass is 429 g/mol. The van der Waals surface area contributed by atoms with Gasteiger partial charge in [-0.25, -0.2) is 4.68 Å². The fourth-order valence-corrected chi connectivity index (χ4v) is 4.05. The number of nitrogens with zero attached hydrogens (tertiary/aromatic N) is 5. The fourth-order valence-electron chi connectivity index (χ4n) is 3.29. The van der Waals surface area contributed by atoms with Crippen molar-refractivity contribution in [2.45, 2.75) is 64.5 Å². The van der Waals surface area contributed by atoms with E-state index in [-0.39, 0.29) is 6.73 Å². The number of aromatic nitrogens is 4. The molecular weight excluding hydrogens is 398 g/mol. The van der Waals surface area contributed by atoms with Gasteiger partial charge in [0, 0.05) is 20.6 Å². The number of hydrogen-bond acceptors (Lipinski definition) is 6. The SMILES string of the molecule is CCC[C@H](C(=O)O)[C@H](Cc1ccc(C#N)cc1)c1nnnn1COCC[Si](C)(C)C. The zero-order valence-electron chi connectivity index (χ0n) is 18.2. The minimum Gasteiger partial charge on any atom is -0.481 e. The van der Waals surface area contributed by atoms with Gasteiger partial charge in [0.2, 0.25) is 0 Å². The van der Waals surface area contributed by atoms with Gasteiger partial charge in [0.05, 0.1) is 17.6 Å². The van der Waals surface area contributed by atoms with Crippen molar-refractivity contribution in [2.24, 2.45) is 5.92 Å². The van der Waals surface area contributed by atoms with Crippen LogP contribution in [0.4, 0.5) is 0 Å². The fraction of sp³-hybridized carbons (Fsp3) is 0.571. The van der Waals surface area contributed by atoms with E-state index in [1.54, 1.807) is 16.8 Å². The average Bonchev–Trinajstić information content (AvgIpc) is 3.16. The quantitative estimate of drug-likeness (QED) is 0.404. The lowest BCUT2D eigenvalue weighted by molar-refractivity contribution is -0.143. The lowest BCUT2D eigenvalue weighted by Gasteiger charge is -2.23. The molecule has 1 aromatic carbocycles. The molecule has 0 saturated heterocycles. The minimum absolute atomic E-state index is 0.204. The highest BCUT2D eigenvalue weighted by atomic mass is 28.3. The minimum atomic E-state index is -1.20. The molecule has 0 aliphatic rings. The van der Waals surface area contributed by atoms with Crippen molar-refractivity contribution in [3.63, 3.8) is 0 Å². The predicted octanol–water partition coefficient (Wildman–Crippen LogP) is 3.68. The molecule has 1 aromatic heterocycles. The summed E-state index contributed by atoms with van der Waals surface area (Å²) in [4.78, 5) is 12.1. The molecule has 2 rings (SSSR count). The molecule has 0 aliphatic heterocycles. The Morgan fingerprint density at radius 2 is 2.00 bits per heavy atom. The maximum atomic E-state index is 12.1. The summed E-state index contributed by atoms with van der Waals surface area (Å²) in [6, 6.07) is 10.3. The maximum Gasteiger partial charge on any atom is 0.307 e. The van der Waals surface area contributed by atoms with E-state index in [9.17, 15) is 9.90 Å². The number of rotatable bonds is 12. The van der Waals surface area contributed by atoms with Crippen LogP contribution in [0.1, 0.15) is 42.6 Å². The van der Waals surface area contributed by atoms with Gasteiger partial charge in [-0.2, -0.15) is 5.26 Å². The van der Waals surface area contributed by atoms with Crippen molar-refractivity contribution in [2.75, 3.05) is 6.61 Å². The molecule has 30 heavy (non-hydrogen) atoms. The van der Waals surface area contributed by atoms with Gasteiger partial charge in [-0.15, -0.1) is 5.10 Å². The van der Waals surface area contributed by atoms with Crippen molar-refractivity contribution >= 4 is 14.0 Å². The zero-order valence-corrected chi connectivity index (χ0v) is 19.2. The Kier molecular flexibility index (Phi) is 8.68. The van der Waals surface area contributed by atoms with Gasteiger partial charge in [0.25, 0.3) is 0 Å². The topological polar surface area (TPSA) is 114 Å². The van der Waals surface area contributed by atoms with E-state index in [2.05, 4.69) is 41.2 Å². The first kappa shape index (κ1) is 23.7. The number of nitriles is 1. The second kappa shape index (κ2) is 11.0. The molecule has 0 unspecified atom stereocenters. The number of carboxylic acids is 1. The second-order valence-corrected chi connectivity index (χ2v) is 14.4. The zero-order chi connectivity index (χ0) is 22.1. The van der Waals surface area contributed by atoms with Gasteiger partial charge in [-0.3, -0.25) is 4.79 Å². The number of hydrogen-bond donors (Lipinski definition) is 1. The van der Waals surface area contributed by atoms with E-state index < -0.39 is 25.9 Å². The number of tetrazole rings is 1. The van der Waals surface area contributed by atoms with Crippen LogP contribution in [0.15, 0.2) is 24.3 Å². The molecule has 8 nitrogen and oxygen atoms in total. The first-order valence-electron chi connectivity index (χ1n) is 10.3. The number of aliphatic carboxylic acids is 1. The van der Waals surface area contributed by atoms with Gasteiger partial charge in [-0.05, 0) is 47.0 Å². The Morgan fingerprint density at radius 3 is 2.57 bits per heavy atom. The summed E-state index contributed by atoms with van der Waals surface area (Å²) < 4.78 is 7.37. The summed E-state index contributed by atoms with van der Waals surface area (Å²) in [5.41, 5.74) is 1.51. The number of benzene rings is 1. The van der Waals surface area contributed by atoms with Gasteiger partial charge in [0.1, 0.15) is 6.73 Å². The highest BCUT2D eigenvalue weighted by Crippen LogP contribution is 2.31. The van der Waals surface area contributed by atoms with E-state index in [1.165, 1.54) is 0 Å². The molecule has 0 fully saturated rings. The molecule has 1 heterocycles. The molecule has 0 aliphatic carbocycles. The molecule has 9 heteroatoms. The highest BCUT2D eigenvalue weighted by molar-refractivity contribution is 6.76. The Labute approximate surface area is 178 Å². The third-order valence-corrected chi connectivity index (χ3v) is 6.75. The van der Waals surface area contributed by atoms with E-state index in [1.807, 2.05) is 19.1 Å². The van der Waals surface area contributed by atoms with Crippen LogP contribution in [-0.4, -0.2) is 46.0 Å². The molecular formula is C21H31N5O3Si. The Hall–Kier alpha value is -2.57. The summed E-state index contributed by atoms with van der Waals surface area (Å²) in [5, 5.41) is 30.9. The maximum absolute atomic E-state index is 12.1. The molecule has 0 amide bonds. The summed E-state index contributed by atoms with van der Waals surface area (Å²) in [7, 11) is -1.20. The molecule has 0 spiro atoms. The Balaban J connectivity index is 2.25. The van der Waals surface area contributed by atoms with Crippen molar-refractivity contribution in [1.82, 2.24) is 20.2 Å². The second-order valence-electron chi connectivity index (χ2n) is 8.74. The third kappa shape index (κ3) is 7.04. The van der Waals surface area contributed by atoms with Crippen LogP contribution in [0.2, 0.25) is 25.7 Å². The molecule has 2 aromatic rings. The Morgan fingerprint density at radius 1 is 1.30 bits per heavy atom. The van der Waals surface area contributed by atoms with Crippen LogP contribution in [0.25, 0.3) is 0 Å². The van der Waals surface area contributed by atoms with Crippen molar-refractivity contribution in [3.05, 3.63) is 41.2 Å². The summed E-state index contributed by atoms with van der Waals surface area (Å²) in [6.45, 7) is 9.66. The molecule has 2 atom stereocenters. The van der Waals surface area contributed by atoms with Crippen molar-refractivity contribution in [1.29, 1.82) is 5.26 Å². The lowest BCUT2D eigenvalue weighted by atomic mass is 9.83. The first-order valence-corrected chi connectivity index (χ1v) is 14.0. The molecule has 1 N–H and O–H groups in total. The number of ether oxygens (including phenoxy) is 1. The van der Waals surface area contributed by atoms with Crippen molar-refractivity contribution in [3.8, 4) is 6.07 Å². The van der Waals surface area contributed by atoms with Crippen LogP contribution < -0.4 is 0 Å². The summed E-state index contributed by atoms with van der Waals surface area (Å²) >= 11 is 0. The van der Waals surface area contributed by atoms with Gasteiger partial charge >= 0.3 is 5.97 Å². The molecule has 0 bridgehead atoms. The largest absolute Gasteiger partial charge is 0.481 e. The van der Waals surface area contributed by atoms with Gasteiger partial charge < -0.3 is 9.84 Å². The molecule has 0 radical (unpaired) electrons. The van der Waals surface area contributed by atoms with Crippen LogP contribution in [0.5, 0.6) is 0 Å². The van der Waals surface area contributed by atoms with Crippen molar-refractivity contribution < 1.29 is 14.6 Å². The predicted molar refractivity (Wildman–Crippen MR) is 116 cm³/mol. The smallest absolute Gasteiger partial charge is 0.307 e. The van der Waals surface area contributed by atoms with Crippen LogP contribution in [-0.2, 0) is 22.7 Å². The van der Waals surface area contributed by atoms with E-state index in [0.29, 0.717) is 30.8 Å². The normalized spacial score (nSPS) is 13.6. The van der Waals surface area contributed by atoms with Crippen LogP contribution >= 0.6 is 0 Å². The molecule has 0 saturated carbocycles. The standard InChI is InChI=1S/C21H31N5O3Si/c1-5-6-18(21(27)28)19(13-16-7-9-17(14-22)10-8-16)20-23-24-25-26(20)15-29-11-12-30(2,3)4/h7-10,18-19H,5-6,11-13,15H2,1-4H3,(H,27,28)/t18-,19-/m0/s1. The first-order chi connectivity index (χ1) is 14.2. The van der Waals surface area contributed by atoms with Crippen LogP contribution in [0, 0.1) is 17.2 Å². The molecule has 162 valence electrons. The summed E-state index contributed by atoms with van der Waals surface area (Å²) in [5.74, 6) is -1.35. The lowest BCUT2D eigenvalue weighted by Crippen LogP contribution is -2.27. The number of carbonyl (C=O) groups is 1. The van der Waals surface area contributed by atoms with Gasteiger partial charge in [-0.1, -0.05) is 45.1 Å². The van der Waals surface area contributed by atoms with E-state index >= 15 is 0 Å². The summed E-state index contributed by atoms with van der Waals surface area (Å²) in [6.07, 6.45) is 1.74. The third-order valence-electron chi connectivity index (χ3n) is 5.04.